The first-order valence-corrected chi connectivity index (χ1v) is 23.5. The molecule has 7 aromatic carbocycles. The minimum absolute atomic E-state index is 0.235. The largest absolute Gasteiger partial charge is 0.490 e. The van der Waals surface area contributed by atoms with E-state index in [2.05, 4.69) is 184 Å². The molecule has 0 saturated carbocycles. The third-order valence-corrected chi connectivity index (χ3v) is 11.7. The highest BCUT2D eigenvalue weighted by molar-refractivity contribution is 5.85. The Morgan fingerprint density at radius 3 is 1.63 bits per heavy atom. The molecule has 7 rings (SSSR count). The van der Waals surface area contributed by atoms with Crippen LogP contribution in [0.1, 0.15) is 105 Å². The van der Waals surface area contributed by atoms with E-state index in [0.29, 0.717) is 36.6 Å². The van der Waals surface area contributed by atoms with Crippen molar-refractivity contribution in [2.75, 3.05) is 13.2 Å². The Kier molecular flexibility index (Phi) is 16.7. The third kappa shape index (κ3) is 15.1. The average Bonchev–Trinajstić information content (AvgIpc) is 3.29. The van der Waals surface area contributed by atoms with Gasteiger partial charge in [0.2, 0.25) is 0 Å². The van der Waals surface area contributed by atoms with Crippen molar-refractivity contribution < 1.29 is 18.9 Å². The van der Waals surface area contributed by atoms with Crippen molar-refractivity contribution in [2.45, 2.75) is 107 Å². The summed E-state index contributed by atoms with van der Waals surface area (Å²) in [6.07, 6.45) is 3.03. The second kappa shape index (κ2) is 22.4. The summed E-state index contributed by atoms with van der Waals surface area (Å²) in [5.41, 5.74) is 9.22. The molecular formula is C61H72O4. The van der Waals surface area contributed by atoms with Crippen LogP contribution >= 0.6 is 0 Å². The highest BCUT2D eigenvalue weighted by Crippen LogP contribution is 2.43. The molecule has 0 heterocycles. The molecule has 4 heteroatoms. The van der Waals surface area contributed by atoms with Crippen molar-refractivity contribution in [1.82, 2.24) is 0 Å². The Labute approximate surface area is 391 Å². The monoisotopic (exact) mass is 869 g/mol. The smallest absolute Gasteiger partial charge is 0.197 e. The molecule has 0 radical (unpaired) electrons. The molecule has 340 valence electrons. The van der Waals surface area contributed by atoms with Crippen molar-refractivity contribution in [2.24, 2.45) is 16.2 Å². The van der Waals surface area contributed by atoms with Gasteiger partial charge in [-0.1, -0.05) is 208 Å². The number of rotatable bonds is 16. The van der Waals surface area contributed by atoms with E-state index in [9.17, 15) is 0 Å². The summed E-state index contributed by atoms with van der Waals surface area (Å²) in [7, 11) is 0. The van der Waals surface area contributed by atoms with Gasteiger partial charge in [0.1, 0.15) is 30.5 Å². The van der Waals surface area contributed by atoms with Gasteiger partial charge in [-0.05, 0) is 111 Å². The lowest BCUT2D eigenvalue weighted by atomic mass is 9.69. The van der Waals surface area contributed by atoms with E-state index in [4.69, 9.17) is 18.9 Å². The summed E-state index contributed by atoms with van der Waals surface area (Å²) in [6.45, 7) is 24.2. The molecule has 0 N–H and O–H groups in total. The van der Waals surface area contributed by atoms with Crippen LogP contribution in [0, 0.1) is 16.2 Å². The molecule has 0 saturated heterocycles. The SMILES string of the molecule is CC(C)(C)CC(c1ccc(OCc2cccc3ccccc23)cc1)C(C)(C)C.CC(OCCOc1c(-c2ccccc2)cccc1-c1ccccc1)Oc1ccc(CCC(C)(C)C)cc1. The van der Waals surface area contributed by atoms with Crippen LogP contribution in [-0.4, -0.2) is 19.5 Å². The maximum absolute atomic E-state index is 6.37. The van der Waals surface area contributed by atoms with E-state index in [0.717, 1.165) is 52.3 Å². The first-order chi connectivity index (χ1) is 31.0. The van der Waals surface area contributed by atoms with E-state index >= 15 is 0 Å². The molecule has 65 heavy (non-hydrogen) atoms. The van der Waals surface area contributed by atoms with Gasteiger partial charge in [-0.3, -0.25) is 0 Å². The summed E-state index contributed by atoms with van der Waals surface area (Å²) < 4.78 is 24.4. The Hall–Kier alpha value is -5.84. The minimum atomic E-state index is -0.373. The van der Waals surface area contributed by atoms with E-state index < -0.39 is 0 Å². The lowest BCUT2D eigenvalue weighted by molar-refractivity contribution is -0.0738. The minimum Gasteiger partial charge on any atom is -0.490 e. The van der Waals surface area contributed by atoms with Gasteiger partial charge in [0.15, 0.2) is 6.29 Å². The predicted octanol–water partition coefficient (Wildman–Crippen LogP) is 16.8. The van der Waals surface area contributed by atoms with Gasteiger partial charge >= 0.3 is 0 Å². The lowest BCUT2D eigenvalue weighted by Crippen LogP contribution is -2.23. The van der Waals surface area contributed by atoms with Crippen LogP contribution in [-0.2, 0) is 17.8 Å². The number of para-hydroxylation sites is 1. The summed E-state index contributed by atoms with van der Waals surface area (Å²) in [5, 5.41) is 2.52. The number of fused-ring (bicyclic) bond motifs is 1. The summed E-state index contributed by atoms with van der Waals surface area (Å²) in [6, 6.07) is 58.9. The Morgan fingerprint density at radius 2 is 1.05 bits per heavy atom. The van der Waals surface area contributed by atoms with Gasteiger partial charge < -0.3 is 18.9 Å². The molecule has 0 amide bonds. The molecule has 2 unspecified atom stereocenters. The van der Waals surface area contributed by atoms with E-state index in [1.807, 2.05) is 55.5 Å². The van der Waals surface area contributed by atoms with Gasteiger partial charge in [0.05, 0.1) is 6.61 Å². The standard InChI is InChI=1S/C34H38O3.C27H34O/c1-26(37-30-20-18-27(19-21-30)22-23-34(2,3)4)35-24-25-36-33-31(28-12-7-5-8-13-28)16-11-17-32(33)29-14-9-6-10-15-29;1-26(2,3)18-25(27(4,5)6)21-14-16-23(17-15-21)28-19-22-12-9-11-20-10-7-8-13-24(20)22/h5-21,26H,22-25H2,1-4H3;7-17,25H,18-19H2,1-6H3. The van der Waals surface area contributed by atoms with Crippen molar-refractivity contribution in [3.05, 3.63) is 187 Å². The van der Waals surface area contributed by atoms with Crippen molar-refractivity contribution in [3.63, 3.8) is 0 Å². The predicted molar refractivity (Wildman–Crippen MR) is 274 cm³/mol. The second-order valence-electron chi connectivity index (χ2n) is 20.7. The third-order valence-electron chi connectivity index (χ3n) is 11.7. The molecule has 2 atom stereocenters. The van der Waals surface area contributed by atoms with Gasteiger partial charge in [-0.25, -0.2) is 0 Å². The van der Waals surface area contributed by atoms with Crippen molar-refractivity contribution >= 4 is 10.8 Å². The molecule has 4 nitrogen and oxygen atoms in total. The fourth-order valence-corrected chi connectivity index (χ4v) is 8.13. The number of benzene rings is 7. The van der Waals surface area contributed by atoms with E-state index in [1.54, 1.807) is 0 Å². The fourth-order valence-electron chi connectivity index (χ4n) is 8.13. The summed E-state index contributed by atoms with van der Waals surface area (Å²) in [5.74, 6) is 3.14. The number of hydrogen-bond donors (Lipinski definition) is 0. The Morgan fingerprint density at radius 1 is 0.492 bits per heavy atom. The quantitative estimate of drug-likeness (QED) is 0.0716. The number of hydrogen-bond acceptors (Lipinski definition) is 4. The van der Waals surface area contributed by atoms with Gasteiger partial charge in [0.25, 0.3) is 0 Å². The highest BCUT2D eigenvalue weighted by Gasteiger charge is 2.30. The maximum Gasteiger partial charge on any atom is 0.197 e. The topological polar surface area (TPSA) is 36.9 Å². The molecule has 0 aromatic heterocycles. The van der Waals surface area contributed by atoms with E-state index in [-0.39, 0.29) is 11.7 Å². The Balaban J connectivity index is 0.000000224. The zero-order valence-electron chi connectivity index (χ0n) is 40.7. The van der Waals surface area contributed by atoms with Crippen molar-refractivity contribution in [1.29, 1.82) is 0 Å². The molecule has 7 aromatic rings. The average molecular weight is 869 g/mol. The Bertz CT molecular complexity index is 2420. The maximum atomic E-state index is 6.37. The fraction of sp³-hybridized carbons (Fsp3) is 0.344. The lowest BCUT2D eigenvalue weighted by Gasteiger charge is -2.36. The zero-order chi connectivity index (χ0) is 46.5. The van der Waals surface area contributed by atoms with Crippen LogP contribution < -0.4 is 14.2 Å². The molecule has 0 bridgehead atoms. The molecular weight excluding hydrogens is 797 g/mol. The van der Waals surface area contributed by atoms with Crippen LogP contribution in [0.2, 0.25) is 0 Å². The molecule has 0 spiro atoms. The van der Waals surface area contributed by atoms with Crippen molar-refractivity contribution in [3.8, 4) is 39.5 Å². The van der Waals surface area contributed by atoms with Crippen LogP contribution in [0.15, 0.2) is 170 Å². The molecule has 0 aliphatic carbocycles. The van der Waals surface area contributed by atoms with Gasteiger partial charge in [-0.15, -0.1) is 0 Å². The second-order valence-corrected chi connectivity index (χ2v) is 20.7. The van der Waals surface area contributed by atoms with Crippen LogP contribution in [0.5, 0.6) is 17.2 Å². The number of aryl methyl sites for hydroxylation is 1. The first-order valence-electron chi connectivity index (χ1n) is 23.5. The van der Waals surface area contributed by atoms with Crippen LogP contribution in [0.4, 0.5) is 0 Å². The van der Waals surface area contributed by atoms with Gasteiger partial charge in [-0.2, -0.15) is 0 Å². The van der Waals surface area contributed by atoms with E-state index in [1.165, 1.54) is 33.9 Å². The molecule has 0 aliphatic heterocycles. The first kappa shape index (κ1) is 48.6. The summed E-state index contributed by atoms with van der Waals surface area (Å²) in [4.78, 5) is 0. The summed E-state index contributed by atoms with van der Waals surface area (Å²) >= 11 is 0. The van der Waals surface area contributed by atoms with Crippen LogP contribution in [0.3, 0.4) is 0 Å². The molecule has 0 aliphatic rings. The van der Waals surface area contributed by atoms with Crippen LogP contribution in [0.25, 0.3) is 33.0 Å². The zero-order valence-corrected chi connectivity index (χ0v) is 40.7. The molecule has 0 fully saturated rings. The van der Waals surface area contributed by atoms with Gasteiger partial charge in [0, 0.05) is 11.1 Å². The number of ether oxygens (including phenoxy) is 4. The highest BCUT2D eigenvalue weighted by atomic mass is 16.7. The normalized spacial score (nSPS) is 12.8.